The molecule has 0 bridgehead atoms. The Balaban J connectivity index is 3.18. The fraction of sp³-hybridized carbons (Fsp3) is 0.625. The lowest BCUT2D eigenvalue weighted by Crippen LogP contribution is -2.60. The highest BCUT2D eigenvalue weighted by molar-refractivity contribution is 5.83. The van der Waals surface area contributed by atoms with E-state index in [1.807, 2.05) is 13.8 Å². The van der Waals surface area contributed by atoms with Crippen LogP contribution >= 0.6 is 0 Å². The first kappa shape index (κ1) is 16.5. The van der Waals surface area contributed by atoms with Crippen LogP contribution < -0.4 is 0 Å². The molecule has 0 spiro atoms. The van der Waals surface area contributed by atoms with Crippen LogP contribution in [0.3, 0.4) is 0 Å². The second-order valence-electron chi connectivity index (χ2n) is 5.15. The minimum absolute atomic E-state index is 0.471. The number of hydrogen-bond acceptors (Lipinski definition) is 4. The Hall–Kier alpha value is -1.58. The molecule has 0 amide bonds. The maximum Gasteiger partial charge on any atom is 0.330 e. The zero-order valence-corrected chi connectivity index (χ0v) is 12.4. The van der Waals surface area contributed by atoms with Gasteiger partial charge in [-0.2, -0.15) is 0 Å². The first-order valence-electron chi connectivity index (χ1n) is 7.20. The van der Waals surface area contributed by atoms with Gasteiger partial charge in [-0.3, -0.25) is 0 Å². The largest absolute Gasteiger partial charge is 0.452 e. The molecular formula is C16H24O4. The quantitative estimate of drug-likeness (QED) is 0.553. The summed E-state index contributed by atoms with van der Waals surface area (Å²) in [4.78, 5) is 23.4. The van der Waals surface area contributed by atoms with Crippen LogP contribution in [-0.4, -0.2) is 23.1 Å². The van der Waals surface area contributed by atoms with Crippen LogP contribution in [0.15, 0.2) is 25.3 Å². The van der Waals surface area contributed by atoms with E-state index in [2.05, 4.69) is 13.2 Å². The van der Waals surface area contributed by atoms with E-state index < -0.39 is 23.1 Å². The Morgan fingerprint density at radius 2 is 1.30 bits per heavy atom. The summed E-state index contributed by atoms with van der Waals surface area (Å²) in [5.41, 5.74) is -1.55. The molecule has 2 atom stereocenters. The molecule has 0 aromatic rings. The van der Waals surface area contributed by atoms with E-state index in [0.717, 1.165) is 25.0 Å². The van der Waals surface area contributed by atoms with Gasteiger partial charge in [-0.05, 0) is 38.5 Å². The molecule has 4 nitrogen and oxygen atoms in total. The number of hydrogen-bond donors (Lipinski definition) is 0. The lowest BCUT2D eigenvalue weighted by atomic mass is 9.68. The van der Waals surface area contributed by atoms with Crippen molar-refractivity contribution in [3.63, 3.8) is 0 Å². The molecule has 2 unspecified atom stereocenters. The summed E-state index contributed by atoms with van der Waals surface area (Å²) < 4.78 is 11.3. The van der Waals surface area contributed by atoms with Crippen LogP contribution in [0.4, 0.5) is 0 Å². The van der Waals surface area contributed by atoms with Crippen LogP contribution in [0, 0.1) is 0 Å². The standard InChI is InChI=1S/C16H24O4/c1-5-13(17)19-15(7-3)11-9-10-12-16(15,8-4)20-14(18)6-2/h5-6H,1-2,7-12H2,3-4H3. The minimum atomic E-state index is -0.774. The van der Waals surface area contributed by atoms with Crippen molar-refractivity contribution in [2.75, 3.05) is 0 Å². The van der Waals surface area contributed by atoms with Gasteiger partial charge >= 0.3 is 11.9 Å². The number of rotatable bonds is 6. The Morgan fingerprint density at radius 1 is 0.950 bits per heavy atom. The number of carbonyl (C=O) groups is 2. The summed E-state index contributed by atoms with van der Waals surface area (Å²) >= 11 is 0. The summed E-state index contributed by atoms with van der Waals surface area (Å²) in [7, 11) is 0. The van der Waals surface area contributed by atoms with Crippen molar-refractivity contribution in [3.05, 3.63) is 25.3 Å². The van der Waals surface area contributed by atoms with E-state index in [0.29, 0.717) is 25.7 Å². The third-order valence-electron chi connectivity index (χ3n) is 4.31. The third-order valence-corrected chi connectivity index (χ3v) is 4.31. The fourth-order valence-corrected chi connectivity index (χ4v) is 3.18. The summed E-state index contributed by atoms with van der Waals surface area (Å²) in [6, 6.07) is 0. The van der Waals surface area contributed by atoms with Gasteiger partial charge in [0.25, 0.3) is 0 Å². The molecule has 1 rings (SSSR count). The van der Waals surface area contributed by atoms with E-state index in [4.69, 9.17) is 9.47 Å². The van der Waals surface area contributed by atoms with Crippen molar-refractivity contribution in [1.82, 2.24) is 0 Å². The maximum atomic E-state index is 11.7. The van der Waals surface area contributed by atoms with Gasteiger partial charge in [0.2, 0.25) is 0 Å². The Labute approximate surface area is 120 Å². The molecule has 0 heterocycles. The van der Waals surface area contributed by atoms with E-state index in [-0.39, 0.29) is 0 Å². The van der Waals surface area contributed by atoms with E-state index in [1.165, 1.54) is 0 Å². The lowest BCUT2D eigenvalue weighted by molar-refractivity contribution is -0.222. The Kier molecular flexibility index (Phi) is 5.54. The molecule has 1 saturated carbocycles. The highest BCUT2D eigenvalue weighted by Crippen LogP contribution is 2.47. The first-order valence-corrected chi connectivity index (χ1v) is 7.20. The van der Waals surface area contributed by atoms with Gasteiger partial charge in [-0.15, -0.1) is 0 Å². The lowest BCUT2D eigenvalue weighted by Gasteiger charge is -2.50. The van der Waals surface area contributed by atoms with Crippen molar-refractivity contribution in [2.24, 2.45) is 0 Å². The van der Waals surface area contributed by atoms with Gasteiger partial charge in [-0.25, -0.2) is 9.59 Å². The monoisotopic (exact) mass is 280 g/mol. The number of ether oxygens (including phenoxy) is 2. The van der Waals surface area contributed by atoms with Gasteiger partial charge in [0.15, 0.2) is 11.2 Å². The van der Waals surface area contributed by atoms with Crippen LogP contribution in [0.25, 0.3) is 0 Å². The Morgan fingerprint density at radius 3 is 1.55 bits per heavy atom. The molecule has 1 fully saturated rings. The molecule has 0 N–H and O–H groups in total. The molecule has 0 aromatic heterocycles. The smallest absolute Gasteiger partial charge is 0.330 e. The van der Waals surface area contributed by atoms with Crippen molar-refractivity contribution >= 4 is 11.9 Å². The third kappa shape index (κ3) is 2.94. The molecule has 0 saturated heterocycles. The average molecular weight is 280 g/mol. The Bertz CT molecular complexity index is 363. The van der Waals surface area contributed by atoms with Crippen LogP contribution in [-0.2, 0) is 19.1 Å². The highest BCUT2D eigenvalue weighted by Gasteiger charge is 2.56. The molecule has 0 aromatic carbocycles. The normalized spacial score (nSPS) is 29.3. The molecule has 0 aliphatic heterocycles. The van der Waals surface area contributed by atoms with Gasteiger partial charge < -0.3 is 9.47 Å². The van der Waals surface area contributed by atoms with E-state index in [9.17, 15) is 9.59 Å². The van der Waals surface area contributed by atoms with E-state index in [1.54, 1.807) is 0 Å². The summed E-state index contributed by atoms with van der Waals surface area (Å²) in [5.74, 6) is -0.942. The molecule has 4 heteroatoms. The van der Waals surface area contributed by atoms with Gasteiger partial charge in [0, 0.05) is 12.2 Å². The fourth-order valence-electron chi connectivity index (χ4n) is 3.18. The second-order valence-corrected chi connectivity index (χ2v) is 5.15. The van der Waals surface area contributed by atoms with Crippen molar-refractivity contribution in [3.8, 4) is 0 Å². The predicted octanol–water partition coefficient (Wildman–Crippen LogP) is 3.32. The van der Waals surface area contributed by atoms with E-state index >= 15 is 0 Å². The predicted molar refractivity (Wildman–Crippen MR) is 77.1 cm³/mol. The summed E-state index contributed by atoms with van der Waals surface area (Å²) in [6.45, 7) is 10.8. The van der Waals surface area contributed by atoms with Gasteiger partial charge in [0.1, 0.15) is 0 Å². The summed E-state index contributed by atoms with van der Waals surface area (Å²) in [5, 5.41) is 0. The van der Waals surface area contributed by atoms with Gasteiger partial charge in [0.05, 0.1) is 0 Å². The van der Waals surface area contributed by atoms with Gasteiger partial charge in [-0.1, -0.05) is 27.0 Å². The molecule has 0 radical (unpaired) electrons. The molecule has 112 valence electrons. The molecule has 20 heavy (non-hydrogen) atoms. The SMILES string of the molecule is C=CC(=O)OC1(CC)CCCCC1(CC)OC(=O)C=C. The van der Waals surface area contributed by atoms with Crippen molar-refractivity contribution < 1.29 is 19.1 Å². The topological polar surface area (TPSA) is 52.6 Å². The molecule has 1 aliphatic carbocycles. The van der Waals surface area contributed by atoms with Crippen LogP contribution in [0.1, 0.15) is 52.4 Å². The first-order chi connectivity index (χ1) is 9.49. The molecular weight excluding hydrogens is 256 g/mol. The van der Waals surface area contributed by atoms with Crippen LogP contribution in [0.5, 0.6) is 0 Å². The second kappa shape index (κ2) is 6.73. The zero-order chi connectivity index (χ0) is 15.2. The highest BCUT2D eigenvalue weighted by atomic mass is 16.6. The number of carbonyl (C=O) groups excluding carboxylic acids is 2. The van der Waals surface area contributed by atoms with Crippen LogP contribution in [0.2, 0.25) is 0 Å². The summed E-state index contributed by atoms with van der Waals surface area (Å²) in [6.07, 6.45) is 6.80. The van der Waals surface area contributed by atoms with Crippen molar-refractivity contribution in [1.29, 1.82) is 0 Å². The number of esters is 2. The van der Waals surface area contributed by atoms with Crippen molar-refractivity contribution in [2.45, 2.75) is 63.6 Å². The average Bonchev–Trinajstić information content (AvgIpc) is 2.48. The zero-order valence-electron chi connectivity index (χ0n) is 12.4. The maximum absolute atomic E-state index is 11.7. The molecule has 1 aliphatic rings. The minimum Gasteiger partial charge on any atom is -0.452 e.